The van der Waals surface area contributed by atoms with Crippen LogP contribution in [0.2, 0.25) is 0 Å². The number of thioether (sulfide) groups is 1. The van der Waals surface area contributed by atoms with Gasteiger partial charge in [0.05, 0.1) is 11.4 Å². The van der Waals surface area contributed by atoms with Crippen LogP contribution in [0.1, 0.15) is 23.7 Å². The van der Waals surface area contributed by atoms with Gasteiger partial charge in [-0.05, 0) is 19.1 Å². The van der Waals surface area contributed by atoms with Gasteiger partial charge in [0.25, 0.3) is 5.22 Å². The first kappa shape index (κ1) is 21.4. The van der Waals surface area contributed by atoms with Gasteiger partial charge in [0, 0.05) is 23.8 Å². The molecule has 0 saturated carbocycles. The van der Waals surface area contributed by atoms with Gasteiger partial charge in [-0.1, -0.05) is 58.9 Å². The predicted molar refractivity (Wildman–Crippen MR) is 127 cm³/mol. The largest absolute Gasteiger partial charge is 0.431 e. The molecule has 3 heterocycles. The second-order valence-electron chi connectivity index (χ2n) is 7.29. The molecule has 0 saturated heterocycles. The minimum atomic E-state index is -0.152. The van der Waals surface area contributed by atoms with E-state index in [1.54, 1.807) is 0 Å². The monoisotopic (exact) mass is 477 g/mol. The molecule has 3 aromatic heterocycles. The lowest BCUT2D eigenvalue weighted by Crippen LogP contribution is -2.12. The van der Waals surface area contributed by atoms with Crippen molar-refractivity contribution < 1.29 is 13.7 Å². The summed E-state index contributed by atoms with van der Waals surface area (Å²) >= 11 is 2.79. The number of carbonyl (C=O) groups excluding carboxylic acids is 1. The van der Waals surface area contributed by atoms with Crippen molar-refractivity contribution in [2.75, 3.05) is 5.32 Å². The van der Waals surface area contributed by atoms with Crippen molar-refractivity contribution in [3.8, 4) is 11.3 Å². The summed E-state index contributed by atoms with van der Waals surface area (Å²) in [6, 6.07) is 15.7. The first-order valence-corrected chi connectivity index (χ1v) is 12.1. The third kappa shape index (κ3) is 5.29. The Balaban J connectivity index is 1.10. The molecule has 5 rings (SSSR count). The first-order valence-electron chi connectivity index (χ1n) is 10.2. The van der Waals surface area contributed by atoms with E-state index in [2.05, 4.69) is 25.4 Å². The van der Waals surface area contributed by atoms with E-state index in [0.29, 0.717) is 34.2 Å². The van der Waals surface area contributed by atoms with E-state index in [0.717, 1.165) is 22.4 Å². The zero-order chi connectivity index (χ0) is 22.6. The molecule has 0 atom stereocenters. The molecule has 5 aromatic rings. The fraction of sp³-hybridized carbons (Fsp3) is 0.174. The molecule has 0 fully saturated rings. The van der Waals surface area contributed by atoms with Crippen LogP contribution in [-0.2, 0) is 17.0 Å². The predicted octanol–water partition coefficient (Wildman–Crippen LogP) is 5.51. The molecule has 0 aliphatic rings. The fourth-order valence-electron chi connectivity index (χ4n) is 3.08. The van der Waals surface area contributed by atoms with Crippen LogP contribution in [0.25, 0.3) is 22.4 Å². The lowest BCUT2D eigenvalue weighted by molar-refractivity contribution is -0.116. The third-order valence-corrected chi connectivity index (χ3v) is 6.35. The highest BCUT2D eigenvalue weighted by atomic mass is 32.2. The zero-order valence-corrected chi connectivity index (χ0v) is 19.3. The van der Waals surface area contributed by atoms with E-state index in [-0.39, 0.29) is 12.3 Å². The van der Waals surface area contributed by atoms with Crippen LogP contribution < -0.4 is 5.32 Å². The van der Waals surface area contributed by atoms with Gasteiger partial charge in [0.2, 0.25) is 11.8 Å². The molecule has 0 bridgehead atoms. The minimum absolute atomic E-state index is 0.152. The maximum Gasteiger partial charge on any atom is 0.257 e. The normalized spacial score (nSPS) is 11.2. The standard InChI is InChI=1S/C23H19N5O3S2/c1-14-6-8-15(9-7-14)17-12-32-22(24-17)27-20(29)10-11-21-26-19(28-31-21)13-33-23-25-16-4-2-3-5-18(16)30-23/h2-9,12H,10-11,13H2,1H3,(H,24,27,29). The van der Waals surface area contributed by atoms with Crippen molar-refractivity contribution in [3.05, 3.63) is 71.2 Å². The van der Waals surface area contributed by atoms with E-state index in [1.807, 2.05) is 60.8 Å². The first-order chi connectivity index (χ1) is 16.1. The number of anilines is 1. The van der Waals surface area contributed by atoms with Gasteiger partial charge in [-0.15, -0.1) is 11.3 Å². The maximum atomic E-state index is 12.3. The molecule has 0 aliphatic carbocycles. The average molecular weight is 478 g/mol. The number of carbonyl (C=O) groups is 1. The Labute approximate surface area is 197 Å². The molecule has 2 aromatic carbocycles. The molecule has 0 radical (unpaired) electrons. The molecular weight excluding hydrogens is 458 g/mol. The number of hydrogen-bond donors (Lipinski definition) is 1. The molecule has 33 heavy (non-hydrogen) atoms. The van der Waals surface area contributed by atoms with Crippen molar-refractivity contribution in [2.24, 2.45) is 0 Å². The Morgan fingerprint density at radius 3 is 2.79 bits per heavy atom. The van der Waals surface area contributed by atoms with Crippen molar-refractivity contribution in [2.45, 2.75) is 30.7 Å². The zero-order valence-electron chi connectivity index (χ0n) is 17.6. The van der Waals surface area contributed by atoms with E-state index >= 15 is 0 Å². The molecule has 8 nitrogen and oxygen atoms in total. The molecule has 0 spiro atoms. The van der Waals surface area contributed by atoms with Gasteiger partial charge in [-0.25, -0.2) is 9.97 Å². The lowest BCUT2D eigenvalue weighted by Gasteiger charge is -2.00. The molecule has 0 aliphatic heterocycles. The second kappa shape index (κ2) is 9.55. The van der Waals surface area contributed by atoms with Crippen LogP contribution in [0.5, 0.6) is 0 Å². The van der Waals surface area contributed by atoms with Crippen molar-refractivity contribution in [1.29, 1.82) is 0 Å². The smallest absolute Gasteiger partial charge is 0.257 e. The summed E-state index contributed by atoms with van der Waals surface area (Å²) in [6.07, 6.45) is 0.571. The number of nitrogens with one attached hydrogen (secondary N) is 1. The Morgan fingerprint density at radius 2 is 1.94 bits per heavy atom. The second-order valence-corrected chi connectivity index (χ2v) is 9.08. The number of aryl methyl sites for hydroxylation is 2. The summed E-state index contributed by atoms with van der Waals surface area (Å²) in [5.41, 5.74) is 4.60. The Kier molecular flexibility index (Phi) is 6.18. The van der Waals surface area contributed by atoms with E-state index in [4.69, 9.17) is 8.94 Å². The van der Waals surface area contributed by atoms with Crippen LogP contribution in [-0.4, -0.2) is 26.0 Å². The average Bonchev–Trinajstić information content (AvgIpc) is 3.56. The SMILES string of the molecule is Cc1ccc(-c2csc(NC(=O)CCc3nc(CSc4nc5ccccc5o4)no3)n2)cc1. The highest BCUT2D eigenvalue weighted by molar-refractivity contribution is 7.98. The number of thiazole rings is 1. The topological polar surface area (TPSA) is 107 Å². The summed E-state index contributed by atoms with van der Waals surface area (Å²) in [4.78, 5) is 25.6. The molecule has 166 valence electrons. The number of rotatable bonds is 8. The fourth-order valence-corrected chi connectivity index (χ4v) is 4.50. The number of aromatic nitrogens is 4. The number of benzene rings is 2. The Hall–Kier alpha value is -3.50. The highest BCUT2D eigenvalue weighted by Gasteiger charge is 2.13. The summed E-state index contributed by atoms with van der Waals surface area (Å²) < 4.78 is 10.9. The number of para-hydroxylation sites is 2. The van der Waals surface area contributed by atoms with Gasteiger partial charge in [-0.2, -0.15) is 4.98 Å². The van der Waals surface area contributed by atoms with Gasteiger partial charge in [0.15, 0.2) is 16.5 Å². The van der Waals surface area contributed by atoms with Crippen molar-refractivity contribution in [1.82, 2.24) is 20.1 Å². The number of hydrogen-bond acceptors (Lipinski definition) is 9. The van der Waals surface area contributed by atoms with Crippen LogP contribution in [0, 0.1) is 6.92 Å². The van der Waals surface area contributed by atoms with Crippen LogP contribution >= 0.6 is 23.1 Å². The third-order valence-electron chi connectivity index (χ3n) is 4.77. The summed E-state index contributed by atoms with van der Waals surface area (Å²) in [7, 11) is 0. The summed E-state index contributed by atoms with van der Waals surface area (Å²) in [5.74, 6) is 1.25. The maximum absolute atomic E-state index is 12.3. The molecular formula is C23H19N5O3S2. The molecule has 0 unspecified atom stereocenters. The van der Waals surface area contributed by atoms with Gasteiger partial charge < -0.3 is 14.3 Å². The van der Waals surface area contributed by atoms with E-state index in [1.165, 1.54) is 28.7 Å². The lowest BCUT2D eigenvalue weighted by atomic mass is 10.1. The summed E-state index contributed by atoms with van der Waals surface area (Å²) in [6.45, 7) is 2.04. The molecule has 1 amide bonds. The van der Waals surface area contributed by atoms with Gasteiger partial charge in [0.1, 0.15) is 5.52 Å². The number of nitrogens with zero attached hydrogens (tertiary/aromatic N) is 4. The van der Waals surface area contributed by atoms with Gasteiger partial charge >= 0.3 is 0 Å². The number of amides is 1. The van der Waals surface area contributed by atoms with Gasteiger partial charge in [-0.3, -0.25) is 4.79 Å². The minimum Gasteiger partial charge on any atom is -0.431 e. The molecule has 1 N–H and O–H groups in total. The molecule has 10 heteroatoms. The Morgan fingerprint density at radius 1 is 1.09 bits per heavy atom. The van der Waals surface area contributed by atoms with E-state index < -0.39 is 0 Å². The van der Waals surface area contributed by atoms with Crippen molar-refractivity contribution in [3.63, 3.8) is 0 Å². The van der Waals surface area contributed by atoms with Crippen LogP contribution in [0.15, 0.2) is 68.1 Å². The van der Waals surface area contributed by atoms with E-state index in [9.17, 15) is 4.79 Å². The number of oxazole rings is 1. The van der Waals surface area contributed by atoms with Crippen LogP contribution in [0.4, 0.5) is 5.13 Å². The summed E-state index contributed by atoms with van der Waals surface area (Å²) in [5, 5.41) is 9.85. The highest BCUT2D eigenvalue weighted by Crippen LogP contribution is 2.26. The quantitative estimate of drug-likeness (QED) is 0.292. The van der Waals surface area contributed by atoms with Crippen molar-refractivity contribution >= 4 is 45.2 Å². The number of fused-ring (bicyclic) bond motifs is 1. The van der Waals surface area contributed by atoms with Crippen LogP contribution in [0.3, 0.4) is 0 Å². The Bertz CT molecular complexity index is 1360.